The Balaban J connectivity index is 0.00000225. The van der Waals surface area contributed by atoms with E-state index in [0.29, 0.717) is 0 Å². The molecule has 3 rings (SSSR count). The van der Waals surface area contributed by atoms with Crippen LogP contribution in [0.3, 0.4) is 0 Å². The standard InChI is InChI=1S/C20H27N3O.ClH/c1-14-13-19(20(24)22-18-9-11-21-12-10-18)16(3)23(14)15(2)17-7-5-4-6-8-17;/h4-8,13,15,18,21H,9-12H2,1-3H3,(H,22,24);1H. The lowest BCUT2D eigenvalue weighted by Gasteiger charge is -2.24. The topological polar surface area (TPSA) is 46.1 Å². The quantitative estimate of drug-likeness (QED) is 0.873. The molecule has 1 fully saturated rings. The van der Waals surface area contributed by atoms with Crippen LogP contribution >= 0.6 is 12.4 Å². The number of amides is 1. The van der Waals surface area contributed by atoms with Crippen molar-refractivity contribution < 1.29 is 4.79 Å². The van der Waals surface area contributed by atoms with E-state index in [0.717, 1.165) is 42.9 Å². The van der Waals surface area contributed by atoms with Crippen LogP contribution in [-0.4, -0.2) is 29.6 Å². The molecule has 2 aromatic rings. The minimum Gasteiger partial charge on any atom is -0.349 e. The predicted molar refractivity (Wildman–Crippen MR) is 105 cm³/mol. The second kappa shape index (κ2) is 8.54. The number of carbonyl (C=O) groups excluding carboxylic acids is 1. The van der Waals surface area contributed by atoms with Gasteiger partial charge in [-0.3, -0.25) is 4.79 Å². The van der Waals surface area contributed by atoms with Crippen molar-refractivity contribution in [1.82, 2.24) is 15.2 Å². The summed E-state index contributed by atoms with van der Waals surface area (Å²) >= 11 is 0. The number of nitrogens with zero attached hydrogens (tertiary/aromatic N) is 1. The van der Waals surface area contributed by atoms with Crippen LogP contribution in [0.2, 0.25) is 0 Å². The van der Waals surface area contributed by atoms with Crippen LogP contribution in [0.5, 0.6) is 0 Å². The SMILES string of the molecule is Cc1cc(C(=O)NC2CCNCC2)c(C)n1C(C)c1ccccc1.Cl. The molecule has 0 saturated carbocycles. The minimum atomic E-state index is 0. The number of aromatic nitrogens is 1. The van der Waals surface area contributed by atoms with Crippen molar-refractivity contribution in [2.45, 2.75) is 45.7 Å². The molecule has 25 heavy (non-hydrogen) atoms. The first-order valence-electron chi connectivity index (χ1n) is 8.83. The average molecular weight is 362 g/mol. The van der Waals surface area contributed by atoms with Crippen LogP contribution < -0.4 is 10.6 Å². The number of piperidine rings is 1. The van der Waals surface area contributed by atoms with E-state index in [1.54, 1.807) is 0 Å². The van der Waals surface area contributed by atoms with Gasteiger partial charge < -0.3 is 15.2 Å². The first-order valence-corrected chi connectivity index (χ1v) is 8.83. The number of nitrogens with one attached hydrogen (secondary N) is 2. The third-order valence-corrected chi connectivity index (χ3v) is 5.07. The molecule has 1 atom stereocenters. The first kappa shape index (κ1) is 19.5. The highest BCUT2D eigenvalue weighted by Crippen LogP contribution is 2.25. The number of carbonyl (C=O) groups is 1. The van der Waals surface area contributed by atoms with Crippen molar-refractivity contribution in [3.63, 3.8) is 0 Å². The molecule has 1 aromatic carbocycles. The number of hydrogen-bond donors (Lipinski definition) is 2. The van der Waals surface area contributed by atoms with E-state index in [4.69, 9.17) is 0 Å². The molecule has 2 N–H and O–H groups in total. The smallest absolute Gasteiger partial charge is 0.253 e. The molecular weight excluding hydrogens is 334 g/mol. The Labute approximate surface area is 156 Å². The van der Waals surface area contributed by atoms with Crippen LogP contribution in [0.4, 0.5) is 0 Å². The van der Waals surface area contributed by atoms with Gasteiger partial charge in [-0.05, 0) is 58.3 Å². The number of hydrogen-bond acceptors (Lipinski definition) is 2. The zero-order valence-corrected chi connectivity index (χ0v) is 16.0. The molecule has 1 aliphatic heterocycles. The van der Waals surface area contributed by atoms with Gasteiger partial charge in [0.05, 0.1) is 11.6 Å². The van der Waals surface area contributed by atoms with E-state index in [1.165, 1.54) is 5.56 Å². The number of rotatable bonds is 4. The van der Waals surface area contributed by atoms with Gasteiger partial charge >= 0.3 is 0 Å². The molecule has 1 amide bonds. The third-order valence-electron chi connectivity index (χ3n) is 5.07. The lowest BCUT2D eigenvalue weighted by molar-refractivity contribution is 0.0929. The van der Waals surface area contributed by atoms with Gasteiger partial charge in [-0.15, -0.1) is 12.4 Å². The summed E-state index contributed by atoms with van der Waals surface area (Å²) < 4.78 is 2.26. The van der Waals surface area contributed by atoms with E-state index in [1.807, 2.05) is 19.1 Å². The normalized spacial score (nSPS) is 16.1. The number of aryl methyl sites for hydroxylation is 1. The molecule has 1 aromatic heterocycles. The van der Waals surface area contributed by atoms with Gasteiger partial charge in [0.15, 0.2) is 0 Å². The Morgan fingerprint density at radius 2 is 1.84 bits per heavy atom. The highest BCUT2D eigenvalue weighted by Gasteiger charge is 2.22. The maximum Gasteiger partial charge on any atom is 0.253 e. The zero-order valence-electron chi connectivity index (χ0n) is 15.2. The van der Waals surface area contributed by atoms with Gasteiger partial charge in [-0.1, -0.05) is 30.3 Å². The Morgan fingerprint density at radius 1 is 1.20 bits per heavy atom. The summed E-state index contributed by atoms with van der Waals surface area (Å²) in [5.74, 6) is 0.0570. The number of halogens is 1. The summed E-state index contributed by atoms with van der Waals surface area (Å²) in [7, 11) is 0. The molecule has 1 saturated heterocycles. The van der Waals surface area contributed by atoms with E-state index < -0.39 is 0 Å². The van der Waals surface area contributed by atoms with E-state index in [9.17, 15) is 4.79 Å². The Hall–Kier alpha value is -1.78. The fourth-order valence-electron chi connectivity index (χ4n) is 3.71. The summed E-state index contributed by atoms with van der Waals surface area (Å²) in [4.78, 5) is 12.7. The van der Waals surface area contributed by atoms with Crippen molar-refractivity contribution >= 4 is 18.3 Å². The largest absolute Gasteiger partial charge is 0.349 e. The van der Waals surface area contributed by atoms with Crippen LogP contribution in [0.25, 0.3) is 0 Å². The van der Waals surface area contributed by atoms with Crippen molar-refractivity contribution in [2.75, 3.05) is 13.1 Å². The minimum absolute atomic E-state index is 0. The Kier molecular flexibility index (Phi) is 6.68. The highest BCUT2D eigenvalue weighted by molar-refractivity contribution is 5.96. The fourth-order valence-corrected chi connectivity index (χ4v) is 3.71. The van der Waals surface area contributed by atoms with Gasteiger partial charge in [0.1, 0.15) is 0 Å². The molecule has 4 nitrogen and oxygen atoms in total. The predicted octanol–water partition coefficient (Wildman–Crippen LogP) is 3.62. The summed E-state index contributed by atoms with van der Waals surface area (Å²) in [5, 5.41) is 6.53. The van der Waals surface area contributed by atoms with Crippen LogP contribution in [0.15, 0.2) is 36.4 Å². The number of benzene rings is 1. The Morgan fingerprint density at radius 3 is 2.48 bits per heavy atom. The van der Waals surface area contributed by atoms with E-state index >= 15 is 0 Å². The summed E-state index contributed by atoms with van der Waals surface area (Å²) in [6.07, 6.45) is 2.01. The van der Waals surface area contributed by atoms with Crippen molar-refractivity contribution in [2.24, 2.45) is 0 Å². The molecule has 0 radical (unpaired) electrons. The first-order chi connectivity index (χ1) is 11.6. The molecule has 1 aliphatic rings. The lowest BCUT2D eigenvalue weighted by atomic mass is 10.1. The molecule has 5 heteroatoms. The maximum absolute atomic E-state index is 12.7. The highest BCUT2D eigenvalue weighted by atomic mass is 35.5. The lowest BCUT2D eigenvalue weighted by Crippen LogP contribution is -2.42. The molecule has 0 bridgehead atoms. The monoisotopic (exact) mass is 361 g/mol. The molecule has 2 heterocycles. The zero-order chi connectivity index (χ0) is 17.1. The molecule has 0 spiro atoms. The van der Waals surface area contributed by atoms with E-state index in [2.05, 4.69) is 53.3 Å². The molecule has 136 valence electrons. The van der Waals surface area contributed by atoms with Crippen molar-refractivity contribution in [3.8, 4) is 0 Å². The van der Waals surface area contributed by atoms with Crippen molar-refractivity contribution in [1.29, 1.82) is 0 Å². The molecule has 0 aliphatic carbocycles. The summed E-state index contributed by atoms with van der Waals surface area (Å²) in [6, 6.07) is 12.9. The van der Waals surface area contributed by atoms with Gasteiger partial charge in [-0.25, -0.2) is 0 Å². The van der Waals surface area contributed by atoms with Crippen LogP contribution in [-0.2, 0) is 0 Å². The molecular formula is C20H28ClN3O. The van der Waals surface area contributed by atoms with Gasteiger partial charge in [-0.2, -0.15) is 0 Å². The van der Waals surface area contributed by atoms with Gasteiger partial charge in [0, 0.05) is 17.4 Å². The summed E-state index contributed by atoms with van der Waals surface area (Å²) in [5.41, 5.74) is 4.22. The Bertz CT molecular complexity index is 705. The third kappa shape index (κ3) is 4.25. The average Bonchev–Trinajstić information content (AvgIpc) is 2.90. The second-order valence-corrected chi connectivity index (χ2v) is 6.74. The van der Waals surface area contributed by atoms with Gasteiger partial charge in [0.2, 0.25) is 0 Å². The maximum atomic E-state index is 12.7. The van der Waals surface area contributed by atoms with Crippen molar-refractivity contribution in [3.05, 3.63) is 58.9 Å². The molecule has 1 unspecified atom stereocenters. The van der Waals surface area contributed by atoms with Gasteiger partial charge in [0.25, 0.3) is 5.91 Å². The fraction of sp³-hybridized carbons (Fsp3) is 0.450. The van der Waals surface area contributed by atoms with Crippen LogP contribution in [0, 0.1) is 13.8 Å². The van der Waals surface area contributed by atoms with Crippen LogP contribution in [0.1, 0.15) is 53.1 Å². The summed E-state index contributed by atoms with van der Waals surface area (Å²) in [6.45, 7) is 8.27. The van der Waals surface area contributed by atoms with E-state index in [-0.39, 0.29) is 30.4 Å². The second-order valence-electron chi connectivity index (χ2n) is 6.74.